The third-order valence-electron chi connectivity index (χ3n) is 6.69. The molecule has 36 heavy (non-hydrogen) atoms. The van der Waals surface area contributed by atoms with Crippen LogP contribution in [0.4, 0.5) is 20.7 Å². The summed E-state index contributed by atoms with van der Waals surface area (Å²) in [5, 5.41) is 4.75. The second kappa shape index (κ2) is 9.92. The first kappa shape index (κ1) is 23.7. The topological polar surface area (TPSA) is 121 Å². The fourth-order valence-corrected chi connectivity index (χ4v) is 4.83. The first-order chi connectivity index (χ1) is 17.4. The summed E-state index contributed by atoms with van der Waals surface area (Å²) in [6, 6.07) is 5.65. The highest BCUT2D eigenvalue weighted by Crippen LogP contribution is 2.28. The minimum Gasteiger partial charge on any atom is -0.444 e. The van der Waals surface area contributed by atoms with E-state index in [1.54, 1.807) is 18.2 Å². The molecule has 11 heteroatoms. The molecule has 3 aliphatic heterocycles. The van der Waals surface area contributed by atoms with E-state index in [1.165, 1.54) is 17.2 Å². The van der Waals surface area contributed by atoms with Crippen molar-refractivity contribution < 1.29 is 28.3 Å². The van der Waals surface area contributed by atoms with E-state index >= 15 is 0 Å². The Morgan fingerprint density at radius 1 is 1.17 bits per heavy atom. The number of amides is 4. The molecule has 2 fully saturated rings. The van der Waals surface area contributed by atoms with Gasteiger partial charge in [0.1, 0.15) is 12.6 Å². The maximum Gasteiger partial charge on any atom is 0.412 e. The number of nitrogens with one attached hydrogen (secondary N) is 2. The van der Waals surface area contributed by atoms with Crippen LogP contribution in [-0.2, 0) is 27.5 Å². The molecule has 188 valence electrons. The van der Waals surface area contributed by atoms with Crippen molar-refractivity contribution in [2.45, 2.75) is 51.3 Å². The smallest absolute Gasteiger partial charge is 0.412 e. The quantitative estimate of drug-likeness (QED) is 0.612. The highest BCUT2D eigenvalue weighted by atomic mass is 19.1. The summed E-state index contributed by atoms with van der Waals surface area (Å²) in [6.07, 6.45) is 4.21. The number of halogens is 1. The first-order valence-corrected chi connectivity index (χ1v) is 12.0. The number of rotatable bonds is 5. The van der Waals surface area contributed by atoms with Gasteiger partial charge in [-0.1, -0.05) is 12.1 Å². The maximum atomic E-state index is 14.5. The molecule has 0 aliphatic carbocycles. The zero-order valence-corrected chi connectivity index (χ0v) is 19.6. The summed E-state index contributed by atoms with van der Waals surface area (Å²) in [6.45, 7) is 1.68. The van der Waals surface area contributed by atoms with Gasteiger partial charge >= 0.3 is 6.09 Å². The van der Waals surface area contributed by atoms with Crippen LogP contribution >= 0.6 is 0 Å². The second-order valence-corrected chi connectivity index (χ2v) is 9.17. The number of benzene rings is 1. The number of hydrogen-bond donors (Lipinski definition) is 2. The molecule has 2 saturated heterocycles. The Kier molecular flexibility index (Phi) is 6.53. The van der Waals surface area contributed by atoms with Gasteiger partial charge in [-0.25, -0.2) is 14.2 Å². The van der Waals surface area contributed by atoms with Crippen LogP contribution in [0.3, 0.4) is 0 Å². The van der Waals surface area contributed by atoms with Crippen molar-refractivity contribution in [2.75, 3.05) is 23.3 Å². The van der Waals surface area contributed by atoms with E-state index < -0.39 is 23.9 Å². The molecule has 1 atom stereocenters. The molecule has 2 N–H and O–H groups in total. The van der Waals surface area contributed by atoms with Gasteiger partial charge in [0, 0.05) is 37.7 Å². The molecule has 1 aromatic heterocycles. The average Bonchev–Trinajstić information content (AvgIpc) is 3.19. The van der Waals surface area contributed by atoms with Crippen LogP contribution in [-0.4, -0.2) is 52.8 Å². The predicted octanol–water partition coefficient (Wildman–Crippen LogP) is 2.72. The molecule has 1 aromatic carbocycles. The number of nitrogens with zero attached hydrogens (tertiary/aromatic N) is 3. The van der Waals surface area contributed by atoms with E-state index in [0.717, 1.165) is 37.9 Å². The monoisotopic (exact) mass is 495 g/mol. The van der Waals surface area contributed by atoms with Crippen molar-refractivity contribution in [2.24, 2.45) is 0 Å². The van der Waals surface area contributed by atoms with Gasteiger partial charge in [-0.05, 0) is 42.9 Å². The normalized spacial score (nSPS) is 19.7. The van der Waals surface area contributed by atoms with Crippen LogP contribution < -0.4 is 15.5 Å². The molecule has 4 heterocycles. The summed E-state index contributed by atoms with van der Waals surface area (Å²) >= 11 is 0. The SMILES string of the molecule is O=C1CCC(N2Cc3ccc(COC(=O)Nc4cnc(N5CCCCC5)c(F)c4)cc3C2=O)C(=O)N1. The van der Waals surface area contributed by atoms with Gasteiger partial charge in [0.25, 0.3) is 5.91 Å². The standard InChI is InChI=1S/C25H26FN5O5/c26-19-11-17(12-27-22(19)30-8-2-1-3-9-30)28-25(35)36-14-15-4-5-16-13-31(24(34)18(16)10-15)20-6-7-21(32)29-23(20)33/h4-5,10-12,20H,1-3,6-9,13-14H2,(H,28,35)(H,29,32,33). The Labute approximate surface area is 206 Å². The van der Waals surface area contributed by atoms with Crippen molar-refractivity contribution in [3.8, 4) is 0 Å². The maximum absolute atomic E-state index is 14.5. The highest BCUT2D eigenvalue weighted by molar-refractivity contribution is 6.05. The Hall–Kier alpha value is -4.02. The fourth-order valence-electron chi connectivity index (χ4n) is 4.83. The first-order valence-electron chi connectivity index (χ1n) is 12.0. The van der Waals surface area contributed by atoms with Crippen LogP contribution in [0.2, 0.25) is 0 Å². The third kappa shape index (κ3) is 4.86. The number of imide groups is 1. The molecule has 0 spiro atoms. The van der Waals surface area contributed by atoms with E-state index in [0.29, 0.717) is 11.1 Å². The molecule has 0 radical (unpaired) electrons. The zero-order valence-electron chi connectivity index (χ0n) is 19.6. The van der Waals surface area contributed by atoms with Gasteiger partial charge in [0.15, 0.2) is 11.6 Å². The molecule has 0 saturated carbocycles. The molecule has 3 aliphatic rings. The summed E-state index contributed by atoms with van der Waals surface area (Å²) in [5.74, 6) is -1.34. The number of carbonyl (C=O) groups excluding carboxylic acids is 4. The molecule has 0 bridgehead atoms. The van der Waals surface area contributed by atoms with Gasteiger partial charge < -0.3 is 14.5 Å². The molecule has 2 aromatic rings. The summed E-state index contributed by atoms with van der Waals surface area (Å²) in [4.78, 5) is 56.3. The number of aromatic nitrogens is 1. The van der Waals surface area contributed by atoms with Crippen molar-refractivity contribution in [3.63, 3.8) is 0 Å². The van der Waals surface area contributed by atoms with Crippen molar-refractivity contribution >= 4 is 35.3 Å². The summed E-state index contributed by atoms with van der Waals surface area (Å²) < 4.78 is 19.8. The Morgan fingerprint density at radius 2 is 1.97 bits per heavy atom. The Morgan fingerprint density at radius 3 is 2.72 bits per heavy atom. The van der Waals surface area contributed by atoms with Crippen molar-refractivity contribution in [3.05, 3.63) is 53.0 Å². The molecular formula is C25H26FN5O5. The molecule has 5 rings (SSSR count). The number of hydrogen-bond acceptors (Lipinski definition) is 7. The lowest BCUT2D eigenvalue weighted by Gasteiger charge is -2.29. The number of carbonyl (C=O) groups is 4. The zero-order chi connectivity index (χ0) is 25.2. The van der Waals surface area contributed by atoms with Gasteiger partial charge in [0.2, 0.25) is 11.8 Å². The van der Waals surface area contributed by atoms with Crippen LogP contribution in [0, 0.1) is 5.82 Å². The largest absolute Gasteiger partial charge is 0.444 e. The van der Waals surface area contributed by atoms with E-state index in [9.17, 15) is 23.6 Å². The number of pyridine rings is 1. The predicted molar refractivity (Wildman–Crippen MR) is 127 cm³/mol. The highest BCUT2D eigenvalue weighted by Gasteiger charge is 2.39. The molecule has 4 amide bonds. The lowest BCUT2D eigenvalue weighted by molar-refractivity contribution is -0.136. The average molecular weight is 496 g/mol. The Bertz CT molecular complexity index is 1230. The van der Waals surface area contributed by atoms with Gasteiger partial charge in [-0.3, -0.25) is 25.0 Å². The van der Waals surface area contributed by atoms with Crippen LogP contribution in [0.15, 0.2) is 30.5 Å². The number of ether oxygens (including phenoxy) is 1. The minimum atomic E-state index is -0.779. The number of fused-ring (bicyclic) bond motifs is 1. The third-order valence-corrected chi connectivity index (χ3v) is 6.69. The van der Waals surface area contributed by atoms with Crippen LogP contribution in [0.1, 0.15) is 53.6 Å². The van der Waals surface area contributed by atoms with Crippen molar-refractivity contribution in [1.29, 1.82) is 0 Å². The summed E-state index contributed by atoms with van der Waals surface area (Å²) in [7, 11) is 0. The number of anilines is 2. The van der Waals surface area contributed by atoms with E-state index in [2.05, 4.69) is 15.6 Å². The van der Waals surface area contributed by atoms with E-state index in [-0.39, 0.29) is 49.3 Å². The number of piperidine rings is 2. The summed E-state index contributed by atoms with van der Waals surface area (Å²) in [5.41, 5.74) is 1.96. The van der Waals surface area contributed by atoms with Gasteiger partial charge in [-0.15, -0.1) is 0 Å². The fraction of sp³-hybridized carbons (Fsp3) is 0.400. The second-order valence-electron chi connectivity index (χ2n) is 9.17. The van der Waals surface area contributed by atoms with Gasteiger partial charge in [-0.2, -0.15) is 0 Å². The lowest BCUT2D eigenvalue weighted by atomic mass is 10.0. The van der Waals surface area contributed by atoms with Crippen LogP contribution in [0.25, 0.3) is 0 Å². The van der Waals surface area contributed by atoms with E-state index in [1.807, 2.05) is 4.90 Å². The lowest BCUT2D eigenvalue weighted by Crippen LogP contribution is -2.52. The van der Waals surface area contributed by atoms with Crippen molar-refractivity contribution in [1.82, 2.24) is 15.2 Å². The van der Waals surface area contributed by atoms with Crippen LogP contribution in [0.5, 0.6) is 0 Å². The molecular weight excluding hydrogens is 469 g/mol. The Balaban J connectivity index is 1.17. The minimum absolute atomic E-state index is 0.105. The molecule has 1 unspecified atom stereocenters. The molecule has 10 nitrogen and oxygen atoms in total. The van der Waals surface area contributed by atoms with E-state index in [4.69, 9.17) is 4.74 Å². The van der Waals surface area contributed by atoms with Gasteiger partial charge in [0.05, 0.1) is 11.9 Å².